The first-order chi connectivity index (χ1) is 13.0. The minimum atomic E-state index is -1.26. The van der Waals surface area contributed by atoms with Crippen LogP contribution in [0.15, 0.2) is 78.0 Å². The van der Waals surface area contributed by atoms with Crippen molar-refractivity contribution in [1.82, 2.24) is 9.88 Å². The fraction of sp³-hybridized carbons (Fsp3) is 0.0952. The van der Waals surface area contributed by atoms with Crippen LogP contribution in [0.5, 0.6) is 5.75 Å². The van der Waals surface area contributed by atoms with Crippen molar-refractivity contribution in [2.45, 2.75) is 5.54 Å². The number of hydrogen-bond acceptors (Lipinski definition) is 5. The molecule has 2 aromatic carbocycles. The Labute approximate surface area is 156 Å². The fourth-order valence-corrected chi connectivity index (χ4v) is 3.39. The van der Waals surface area contributed by atoms with Crippen LogP contribution in [0.3, 0.4) is 0 Å². The lowest BCUT2D eigenvalue weighted by Gasteiger charge is -2.26. The monoisotopic (exact) mass is 358 g/mol. The molecule has 1 aliphatic heterocycles. The molecule has 2 heterocycles. The third kappa shape index (κ3) is 2.62. The number of pyridine rings is 1. The van der Waals surface area contributed by atoms with Crippen LogP contribution in [-0.4, -0.2) is 33.9 Å². The highest BCUT2D eigenvalue weighted by Gasteiger charge is 2.49. The van der Waals surface area contributed by atoms with Crippen LogP contribution in [0.25, 0.3) is 11.1 Å². The van der Waals surface area contributed by atoms with E-state index in [0.717, 1.165) is 11.1 Å². The van der Waals surface area contributed by atoms with Gasteiger partial charge in [0.2, 0.25) is 0 Å². The molecular weight excluding hydrogens is 340 g/mol. The molecule has 0 fully saturated rings. The molecule has 3 aromatic rings. The number of aromatic hydroxyl groups is 1. The van der Waals surface area contributed by atoms with Crippen molar-refractivity contribution in [2.24, 2.45) is 10.7 Å². The summed E-state index contributed by atoms with van der Waals surface area (Å²) in [6.45, 7) is 0. The molecule has 134 valence electrons. The number of benzene rings is 2. The topological polar surface area (TPSA) is 91.8 Å². The van der Waals surface area contributed by atoms with Crippen LogP contribution >= 0.6 is 0 Å². The van der Waals surface area contributed by atoms with E-state index >= 15 is 0 Å². The van der Waals surface area contributed by atoms with E-state index in [1.807, 2.05) is 30.3 Å². The molecular formula is C21H18N4O2. The maximum atomic E-state index is 13.2. The van der Waals surface area contributed by atoms with Gasteiger partial charge in [-0.25, -0.2) is 4.99 Å². The highest BCUT2D eigenvalue weighted by molar-refractivity contribution is 6.09. The first-order valence-corrected chi connectivity index (χ1v) is 8.46. The molecule has 0 saturated carbocycles. The minimum absolute atomic E-state index is 0.166. The van der Waals surface area contributed by atoms with Crippen LogP contribution in [0.1, 0.15) is 11.1 Å². The fourth-order valence-electron chi connectivity index (χ4n) is 3.39. The van der Waals surface area contributed by atoms with Gasteiger partial charge in [-0.2, -0.15) is 0 Å². The molecule has 6 heteroatoms. The van der Waals surface area contributed by atoms with Gasteiger partial charge >= 0.3 is 0 Å². The summed E-state index contributed by atoms with van der Waals surface area (Å²) < 4.78 is 0. The van der Waals surface area contributed by atoms with Crippen molar-refractivity contribution in [1.29, 1.82) is 0 Å². The van der Waals surface area contributed by atoms with Crippen molar-refractivity contribution in [3.63, 3.8) is 0 Å². The minimum Gasteiger partial charge on any atom is -0.508 e. The summed E-state index contributed by atoms with van der Waals surface area (Å²) >= 11 is 0. The Morgan fingerprint density at radius 3 is 2.26 bits per heavy atom. The average Bonchev–Trinajstić information content (AvgIpc) is 2.94. The summed E-state index contributed by atoms with van der Waals surface area (Å²) in [6.07, 6.45) is 3.26. The molecule has 1 aromatic heterocycles. The van der Waals surface area contributed by atoms with Crippen molar-refractivity contribution < 1.29 is 9.90 Å². The third-order valence-electron chi connectivity index (χ3n) is 4.80. The van der Waals surface area contributed by atoms with Gasteiger partial charge in [0.05, 0.1) is 0 Å². The number of phenols is 1. The molecule has 0 bridgehead atoms. The smallest absolute Gasteiger partial charge is 0.266 e. The van der Waals surface area contributed by atoms with Crippen molar-refractivity contribution >= 4 is 11.9 Å². The Balaban J connectivity index is 1.93. The normalized spacial score (nSPS) is 19.2. The first-order valence-electron chi connectivity index (χ1n) is 8.46. The van der Waals surface area contributed by atoms with Crippen LogP contribution in [0, 0.1) is 0 Å². The lowest BCUT2D eigenvalue weighted by atomic mass is 9.82. The number of hydrogen-bond donors (Lipinski definition) is 2. The Hall–Kier alpha value is -3.67. The average molecular weight is 358 g/mol. The summed E-state index contributed by atoms with van der Waals surface area (Å²) in [5, 5.41) is 9.79. The Bertz CT molecular complexity index is 1050. The molecule has 6 nitrogen and oxygen atoms in total. The van der Waals surface area contributed by atoms with E-state index in [-0.39, 0.29) is 17.6 Å². The second kappa shape index (κ2) is 6.25. The lowest BCUT2D eigenvalue weighted by Crippen LogP contribution is -2.41. The number of nitrogens with zero attached hydrogens (tertiary/aromatic N) is 3. The van der Waals surface area contributed by atoms with Gasteiger partial charge < -0.3 is 10.8 Å². The number of phenolic OH excluding ortho intramolecular Hbond substituents is 1. The second-order valence-corrected chi connectivity index (χ2v) is 6.41. The predicted octanol–water partition coefficient (Wildman–Crippen LogP) is 2.48. The van der Waals surface area contributed by atoms with E-state index in [9.17, 15) is 9.90 Å². The molecule has 1 aliphatic rings. The van der Waals surface area contributed by atoms with E-state index in [4.69, 9.17) is 5.73 Å². The second-order valence-electron chi connectivity index (χ2n) is 6.41. The van der Waals surface area contributed by atoms with Gasteiger partial charge in [-0.05, 0) is 52.6 Å². The molecule has 0 saturated heterocycles. The van der Waals surface area contributed by atoms with E-state index in [2.05, 4.69) is 9.98 Å². The highest BCUT2D eigenvalue weighted by atomic mass is 16.3. The Morgan fingerprint density at radius 2 is 1.63 bits per heavy atom. The first kappa shape index (κ1) is 16.8. The van der Waals surface area contributed by atoms with Gasteiger partial charge in [-0.15, -0.1) is 0 Å². The number of aromatic nitrogens is 1. The molecule has 0 radical (unpaired) electrons. The molecule has 3 N–H and O–H groups in total. The highest BCUT2D eigenvalue weighted by Crippen LogP contribution is 2.40. The van der Waals surface area contributed by atoms with E-state index in [1.165, 1.54) is 4.90 Å². The van der Waals surface area contributed by atoms with Crippen molar-refractivity contribution in [3.8, 4) is 16.9 Å². The molecule has 0 spiro atoms. The summed E-state index contributed by atoms with van der Waals surface area (Å²) in [5.41, 5.74) is 7.85. The van der Waals surface area contributed by atoms with E-state index in [0.29, 0.717) is 11.1 Å². The number of aliphatic imine (C=N–C) groups is 1. The number of carbonyl (C=O) groups is 1. The lowest BCUT2D eigenvalue weighted by molar-refractivity contribution is -0.129. The van der Waals surface area contributed by atoms with Crippen molar-refractivity contribution in [3.05, 3.63) is 84.2 Å². The maximum absolute atomic E-state index is 13.2. The molecule has 1 atom stereocenters. The van der Waals surface area contributed by atoms with Crippen LogP contribution in [0.2, 0.25) is 0 Å². The quantitative estimate of drug-likeness (QED) is 0.752. The SMILES string of the molecule is CN1C(=O)C(c2ccncc2)(c2cccc(-c3cccc(O)c3)c2)N=C1N. The standard InChI is InChI=1S/C21H18N4O2/c1-25-19(27)21(24-20(25)22,16-8-10-23-11-9-16)17-6-2-4-14(12-17)15-5-3-7-18(26)13-15/h2-13,26H,1H3,(H2,22,24). The number of carbonyl (C=O) groups excluding carboxylic acids is 1. The molecule has 0 aliphatic carbocycles. The summed E-state index contributed by atoms with van der Waals surface area (Å²) in [4.78, 5) is 23.2. The number of nitrogens with two attached hydrogens (primary N) is 1. The number of rotatable bonds is 3. The van der Waals surface area contributed by atoms with E-state index < -0.39 is 5.54 Å². The van der Waals surface area contributed by atoms with Gasteiger partial charge in [0.25, 0.3) is 5.91 Å². The van der Waals surface area contributed by atoms with E-state index in [1.54, 1.807) is 49.8 Å². The number of amides is 1. The zero-order valence-electron chi connectivity index (χ0n) is 14.7. The number of likely N-dealkylation sites (N-methyl/N-ethyl adjacent to an activating group) is 1. The summed E-state index contributed by atoms with van der Waals surface area (Å²) in [7, 11) is 1.61. The molecule has 27 heavy (non-hydrogen) atoms. The van der Waals surface area contributed by atoms with Gasteiger partial charge in [-0.1, -0.05) is 30.3 Å². The summed E-state index contributed by atoms with van der Waals surface area (Å²) in [6, 6.07) is 18.1. The van der Waals surface area contributed by atoms with Gasteiger partial charge in [-0.3, -0.25) is 14.7 Å². The molecule has 1 amide bonds. The van der Waals surface area contributed by atoms with Gasteiger partial charge in [0.1, 0.15) is 5.75 Å². The number of guanidine groups is 1. The van der Waals surface area contributed by atoms with Crippen LogP contribution in [-0.2, 0) is 10.3 Å². The van der Waals surface area contributed by atoms with Gasteiger partial charge in [0.15, 0.2) is 11.5 Å². The largest absolute Gasteiger partial charge is 0.508 e. The van der Waals surface area contributed by atoms with Crippen molar-refractivity contribution in [2.75, 3.05) is 7.05 Å². The van der Waals surface area contributed by atoms with Crippen LogP contribution in [0.4, 0.5) is 0 Å². The Morgan fingerprint density at radius 1 is 0.963 bits per heavy atom. The van der Waals surface area contributed by atoms with Crippen LogP contribution < -0.4 is 5.73 Å². The summed E-state index contributed by atoms with van der Waals surface area (Å²) in [5.74, 6) is 0.125. The predicted molar refractivity (Wildman–Crippen MR) is 103 cm³/mol. The molecule has 1 unspecified atom stereocenters. The maximum Gasteiger partial charge on any atom is 0.266 e. The Kier molecular flexibility index (Phi) is 3.88. The zero-order chi connectivity index (χ0) is 19.0. The third-order valence-corrected chi connectivity index (χ3v) is 4.80. The molecule has 4 rings (SSSR count). The zero-order valence-corrected chi connectivity index (χ0v) is 14.7. The van der Waals surface area contributed by atoms with Gasteiger partial charge in [0, 0.05) is 19.4 Å².